The zero-order valence-electron chi connectivity index (χ0n) is 11.4. The lowest BCUT2D eigenvalue weighted by atomic mass is 9.93. The first kappa shape index (κ1) is 17.2. The number of hydrogen-bond donors (Lipinski definition) is 2. The van der Waals surface area contributed by atoms with Crippen LogP contribution in [0.3, 0.4) is 0 Å². The van der Waals surface area contributed by atoms with E-state index in [2.05, 4.69) is 0 Å². The van der Waals surface area contributed by atoms with E-state index in [9.17, 15) is 22.8 Å². The Kier molecular flexibility index (Phi) is 5.48. The SMILES string of the molecule is CCC(=O)C(N)c1ccc(CCC(=O)O)cc1C(F)(F)F. The van der Waals surface area contributed by atoms with Gasteiger partial charge in [0, 0.05) is 12.8 Å². The molecule has 21 heavy (non-hydrogen) atoms. The van der Waals surface area contributed by atoms with Crippen LogP contribution in [0, 0.1) is 0 Å². The van der Waals surface area contributed by atoms with Gasteiger partial charge in [0.2, 0.25) is 0 Å². The quantitative estimate of drug-likeness (QED) is 0.846. The van der Waals surface area contributed by atoms with Gasteiger partial charge in [-0.3, -0.25) is 9.59 Å². The first-order valence-corrected chi connectivity index (χ1v) is 6.37. The molecule has 116 valence electrons. The molecule has 0 amide bonds. The number of carbonyl (C=O) groups is 2. The second kappa shape index (κ2) is 6.71. The Labute approximate surface area is 119 Å². The number of aryl methyl sites for hydroxylation is 1. The number of carboxylic acids is 1. The number of nitrogens with two attached hydrogens (primary N) is 1. The minimum Gasteiger partial charge on any atom is -0.481 e. The minimum absolute atomic E-state index is 0.0182. The Hall–Kier alpha value is -1.89. The van der Waals surface area contributed by atoms with Crippen molar-refractivity contribution in [1.82, 2.24) is 0 Å². The third kappa shape index (κ3) is 4.56. The van der Waals surface area contributed by atoms with E-state index >= 15 is 0 Å². The fourth-order valence-electron chi connectivity index (χ4n) is 1.92. The molecule has 0 fully saturated rings. The highest BCUT2D eigenvalue weighted by Gasteiger charge is 2.36. The fraction of sp³-hybridized carbons (Fsp3) is 0.429. The van der Waals surface area contributed by atoms with Crippen molar-refractivity contribution in [3.63, 3.8) is 0 Å². The van der Waals surface area contributed by atoms with Gasteiger partial charge < -0.3 is 10.8 Å². The molecule has 1 aromatic carbocycles. The number of carboxylic acid groups (broad SMARTS) is 1. The van der Waals surface area contributed by atoms with Crippen LogP contribution in [-0.4, -0.2) is 16.9 Å². The third-order valence-corrected chi connectivity index (χ3v) is 3.08. The van der Waals surface area contributed by atoms with Crippen molar-refractivity contribution < 1.29 is 27.9 Å². The van der Waals surface area contributed by atoms with Crippen molar-refractivity contribution >= 4 is 11.8 Å². The van der Waals surface area contributed by atoms with Crippen LogP contribution in [0.25, 0.3) is 0 Å². The average Bonchev–Trinajstić information content (AvgIpc) is 2.42. The number of alkyl halides is 3. The van der Waals surface area contributed by atoms with Gasteiger partial charge in [-0.15, -0.1) is 0 Å². The van der Waals surface area contributed by atoms with Crippen LogP contribution >= 0.6 is 0 Å². The third-order valence-electron chi connectivity index (χ3n) is 3.08. The molecule has 0 aliphatic rings. The predicted molar refractivity (Wildman–Crippen MR) is 69.6 cm³/mol. The second-order valence-electron chi connectivity index (χ2n) is 4.61. The molecule has 4 nitrogen and oxygen atoms in total. The molecule has 0 bridgehead atoms. The maximum atomic E-state index is 13.1. The Balaban J connectivity index is 3.20. The average molecular weight is 303 g/mol. The summed E-state index contributed by atoms with van der Waals surface area (Å²) >= 11 is 0. The van der Waals surface area contributed by atoms with Crippen LogP contribution in [0.15, 0.2) is 18.2 Å². The number of halogens is 3. The number of aliphatic carboxylic acids is 1. The molecule has 1 rings (SSSR count). The molecule has 3 N–H and O–H groups in total. The summed E-state index contributed by atoms with van der Waals surface area (Å²) in [5.41, 5.74) is 4.55. The monoisotopic (exact) mass is 303 g/mol. The van der Waals surface area contributed by atoms with Crippen molar-refractivity contribution in [2.24, 2.45) is 5.73 Å². The first-order chi connectivity index (χ1) is 9.66. The van der Waals surface area contributed by atoms with E-state index in [1.807, 2.05) is 0 Å². The van der Waals surface area contributed by atoms with Crippen molar-refractivity contribution in [3.05, 3.63) is 34.9 Å². The van der Waals surface area contributed by atoms with E-state index in [1.54, 1.807) is 0 Å². The van der Waals surface area contributed by atoms with Gasteiger partial charge in [-0.2, -0.15) is 13.2 Å². The van der Waals surface area contributed by atoms with E-state index in [4.69, 9.17) is 10.8 Å². The summed E-state index contributed by atoms with van der Waals surface area (Å²) in [6.07, 6.45) is -4.90. The van der Waals surface area contributed by atoms with Crippen LogP contribution in [0.2, 0.25) is 0 Å². The molecule has 1 unspecified atom stereocenters. The summed E-state index contributed by atoms with van der Waals surface area (Å²) in [7, 11) is 0. The number of ketones is 1. The summed E-state index contributed by atoms with van der Waals surface area (Å²) in [5, 5.41) is 8.56. The van der Waals surface area contributed by atoms with Gasteiger partial charge >= 0.3 is 12.1 Å². The Morgan fingerprint density at radius 3 is 2.43 bits per heavy atom. The van der Waals surface area contributed by atoms with Crippen LogP contribution in [0.5, 0.6) is 0 Å². The van der Waals surface area contributed by atoms with Gasteiger partial charge in [0.15, 0.2) is 5.78 Å². The van der Waals surface area contributed by atoms with Gasteiger partial charge in [0.25, 0.3) is 0 Å². The molecule has 0 saturated heterocycles. The van der Waals surface area contributed by atoms with Crippen LogP contribution in [-0.2, 0) is 22.2 Å². The molecule has 0 heterocycles. The topological polar surface area (TPSA) is 80.4 Å². The summed E-state index contributed by atoms with van der Waals surface area (Å²) in [4.78, 5) is 22.0. The van der Waals surface area contributed by atoms with Crippen LogP contribution in [0.1, 0.15) is 42.5 Å². The number of benzene rings is 1. The Morgan fingerprint density at radius 1 is 1.33 bits per heavy atom. The van der Waals surface area contributed by atoms with E-state index in [1.165, 1.54) is 13.0 Å². The number of carbonyl (C=O) groups excluding carboxylic acids is 1. The maximum Gasteiger partial charge on any atom is 0.416 e. The molecule has 1 atom stereocenters. The van der Waals surface area contributed by atoms with Gasteiger partial charge in [-0.25, -0.2) is 0 Å². The zero-order chi connectivity index (χ0) is 16.2. The molecule has 0 spiro atoms. The predicted octanol–water partition coefficient (Wildman–Crippen LogP) is 2.70. The lowest BCUT2D eigenvalue weighted by Crippen LogP contribution is -2.24. The van der Waals surface area contributed by atoms with E-state index in [-0.39, 0.29) is 30.4 Å². The summed E-state index contributed by atoms with van der Waals surface area (Å²) in [6.45, 7) is 1.52. The molecule has 0 radical (unpaired) electrons. The molecule has 0 saturated carbocycles. The minimum atomic E-state index is -4.65. The standard InChI is InChI=1S/C14H16F3NO3/c1-2-11(19)13(18)9-5-3-8(4-6-12(20)21)7-10(9)14(15,16)17/h3,5,7,13H,2,4,6,18H2,1H3,(H,20,21). The number of Topliss-reactive ketones (excluding diaryl/α,β-unsaturated/α-hetero) is 1. The molecular weight excluding hydrogens is 287 g/mol. The van der Waals surface area contributed by atoms with Crippen molar-refractivity contribution in [2.45, 2.75) is 38.4 Å². The molecule has 0 aromatic heterocycles. The van der Waals surface area contributed by atoms with Crippen LogP contribution < -0.4 is 5.73 Å². The highest BCUT2D eigenvalue weighted by atomic mass is 19.4. The van der Waals surface area contributed by atoms with Gasteiger partial charge in [0.05, 0.1) is 11.6 Å². The molecule has 1 aromatic rings. The van der Waals surface area contributed by atoms with Crippen molar-refractivity contribution in [2.75, 3.05) is 0 Å². The highest BCUT2D eigenvalue weighted by Crippen LogP contribution is 2.35. The van der Waals surface area contributed by atoms with Crippen molar-refractivity contribution in [1.29, 1.82) is 0 Å². The van der Waals surface area contributed by atoms with E-state index in [0.717, 1.165) is 12.1 Å². The smallest absolute Gasteiger partial charge is 0.416 e. The zero-order valence-corrected chi connectivity index (χ0v) is 11.4. The summed E-state index contributed by atoms with van der Waals surface area (Å²) in [6, 6.07) is 2.05. The fourth-order valence-corrected chi connectivity index (χ4v) is 1.92. The highest BCUT2D eigenvalue weighted by molar-refractivity contribution is 5.85. The normalized spacial score (nSPS) is 13.0. The number of rotatable bonds is 6. The lowest BCUT2D eigenvalue weighted by Gasteiger charge is -2.18. The number of hydrogen-bond acceptors (Lipinski definition) is 3. The molecule has 0 aliphatic carbocycles. The van der Waals surface area contributed by atoms with Gasteiger partial charge in [0.1, 0.15) is 0 Å². The second-order valence-corrected chi connectivity index (χ2v) is 4.61. The Morgan fingerprint density at radius 2 is 1.95 bits per heavy atom. The Bertz CT molecular complexity index is 541. The van der Waals surface area contributed by atoms with Gasteiger partial charge in [-0.1, -0.05) is 19.1 Å². The summed E-state index contributed by atoms with van der Waals surface area (Å²) < 4.78 is 39.2. The lowest BCUT2D eigenvalue weighted by molar-refractivity contribution is -0.138. The molecule has 0 aliphatic heterocycles. The van der Waals surface area contributed by atoms with E-state index < -0.39 is 29.5 Å². The van der Waals surface area contributed by atoms with Crippen molar-refractivity contribution in [3.8, 4) is 0 Å². The summed E-state index contributed by atoms with van der Waals surface area (Å²) in [5.74, 6) is -1.58. The maximum absolute atomic E-state index is 13.1. The van der Waals surface area contributed by atoms with Crippen LogP contribution in [0.4, 0.5) is 13.2 Å². The largest absolute Gasteiger partial charge is 0.481 e. The van der Waals surface area contributed by atoms with Gasteiger partial charge in [-0.05, 0) is 23.6 Å². The first-order valence-electron chi connectivity index (χ1n) is 6.37. The molecular formula is C14H16F3NO3. The molecule has 7 heteroatoms. The van der Waals surface area contributed by atoms with E-state index in [0.29, 0.717) is 0 Å².